The molecule has 0 saturated carbocycles. The number of nitrogens with two attached hydrogens (primary N) is 1. The fourth-order valence-electron chi connectivity index (χ4n) is 1.64. The molecule has 0 unspecified atom stereocenters. The van der Waals surface area contributed by atoms with Crippen molar-refractivity contribution >= 4 is 5.97 Å². The summed E-state index contributed by atoms with van der Waals surface area (Å²) in [5.74, 6) is -0.334. The van der Waals surface area contributed by atoms with Crippen molar-refractivity contribution in [3.8, 4) is 0 Å². The molecular formula is C10H18N2O2. The van der Waals surface area contributed by atoms with E-state index in [1.807, 2.05) is 0 Å². The molecule has 0 fully saturated rings. The molecule has 4 heteroatoms. The van der Waals surface area contributed by atoms with Gasteiger partial charge in [-0.15, -0.1) is 0 Å². The van der Waals surface area contributed by atoms with E-state index in [-0.39, 0.29) is 5.97 Å². The van der Waals surface area contributed by atoms with Crippen molar-refractivity contribution in [3.63, 3.8) is 0 Å². The molecule has 0 amide bonds. The van der Waals surface area contributed by atoms with E-state index in [1.54, 1.807) is 0 Å². The van der Waals surface area contributed by atoms with Gasteiger partial charge in [-0.2, -0.15) is 0 Å². The fraction of sp³-hybridized carbons (Fsp3) is 0.700. The Bertz CT molecular complexity index is 238. The molecule has 0 aliphatic carbocycles. The van der Waals surface area contributed by atoms with Gasteiger partial charge in [0.15, 0.2) is 0 Å². The third-order valence-electron chi connectivity index (χ3n) is 2.40. The lowest BCUT2D eigenvalue weighted by atomic mass is 10.0. The van der Waals surface area contributed by atoms with Gasteiger partial charge in [0.05, 0.1) is 7.11 Å². The van der Waals surface area contributed by atoms with Crippen LogP contribution >= 0.6 is 0 Å². The maximum absolute atomic E-state index is 11.1. The highest BCUT2D eigenvalue weighted by Gasteiger charge is 2.17. The molecule has 0 aromatic carbocycles. The number of ether oxygens (including phenoxy) is 1. The summed E-state index contributed by atoms with van der Waals surface area (Å²) in [7, 11) is 3.43. The Morgan fingerprint density at radius 3 is 3.07 bits per heavy atom. The van der Waals surface area contributed by atoms with Crippen molar-refractivity contribution in [2.24, 2.45) is 5.73 Å². The largest absolute Gasteiger partial charge is 0.468 e. The van der Waals surface area contributed by atoms with Gasteiger partial charge in [0.25, 0.3) is 0 Å². The van der Waals surface area contributed by atoms with Gasteiger partial charge in [0.2, 0.25) is 0 Å². The third kappa shape index (κ3) is 3.12. The topological polar surface area (TPSA) is 55.6 Å². The van der Waals surface area contributed by atoms with Crippen LogP contribution in [-0.4, -0.2) is 44.2 Å². The summed E-state index contributed by atoms with van der Waals surface area (Å²) >= 11 is 0. The highest BCUT2D eigenvalue weighted by Crippen LogP contribution is 2.12. The summed E-state index contributed by atoms with van der Waals surface area (Å²) < 4.78 is 4.58. The number of carbonyl (C=O) groups is 1. The molecule has 1 rings (SSSR count). The van der Waals surface area contributed by atoms with Gasteiger partial charge >= 0.3 is 5.97 Å². The zero-order chi connectivity index (χ0) is 10.6. The Labute approximate surface area is 84.7 Å². The lowest BCUT2D eigenvalue weighted by Gasteiger charge is -2.24. The smallest absolute Gasteiger partial charge is 0.322 e. The van der Waals surface area contributed by atoms with E-state index in [0.717, 1.165) is 19.5 Å². The minimum Gasteiger partial charge on any atom is -0.468 e. The summed E-state index contributed by atoms with van der Waals surface area (Å²) in [6.45, 7) is 1.99. The van der Waals surface area contributed by atoms with E-state index in [9.17, 15) is 4.79 Å². The Hall–Kier alpha value is -0.870. The Morgan fingerprint density at radius 1 is 1.79 bits per heavy atom. The zero-order valence-electron chi connectivity index (χ0n) is 8.82. The normalized spacial score (nSPS) is 20.1. The molecule has 0 bridgehead atoms. The van der Waals surface area contributed by atoms with E-state index in [4.69, 9.17) is 5.73 Å². The standard InChI is InChI=1S/C10H18N2O2/c1-12-5-3-4-8(7-12)6-9(11)10(13)14-2/h4,9H,3,5-7,11H2,1-2H3/t9-/m0/s1. The van der Waals surface area contributed by atoms with Crippen LogP contribution in [-0.2, 0) is 9.53 Å². The quantitative estimate of drug-likeness (QED) is 0.517. The first-order chi connectivity index (χ1) is 6.63. The van der Waals surface area contributed by atoms with Crippen LogP contribution < -0.4 is 5.73 Å². The van der Waals surface area contributed by atoms with Gasteiger partial charge in [-0.25, -0.2) is 0 Å². The predicted octanol–water partition coefficient (Wildman–Crippen LogP) is 0.139. The summed E-state index contributed by atoms with van der Waals surface area (Å²) in [5, 5.41) is 0. The number of esters is 1. The van der Waals surface area contributed by atoms with Crippen LogP contribution in [0.2, 0.25) is 0 Å². The Balaban J connectivity index is 2.43. The van der Waals surface area contributed by atoms with Gasteiger partial charge in [-0.1, -0.05) is 11.6 Å². The molecule has 0 aromatic rings. The molecule has 0 aromatic heterocycles. The molecule has 0 spiro atoms. The van der Waals surface area contributed by atoms with Crippen LogP contribution in [0.1, 0.15) is 12.8 Å². The van der Waals surface area contributed by atoms with Gasteiger partial charge in [-0.3, -0.25) is 4.79 Å². The molecule has 1 heterocycles. The summed E-state index contributed by atoms with van der Waals surface area (Å²) in [5.41, 5.74) is 6.90. The van der Waals surface area contributed by atoms with Crippen LogP contribution in [0.5, 0.6) is 0 Å². The van der Waals surface area contributed by atoms with Crippen LogP contribution in [0.25, 0.3) is 0 Å². The van der Waals surface area contributed by atoms with E-state index in [0.29, 0.717) is 6.42 Å². The second kappa shape index (κ2) is 5.12. The van der Waals surface area contributed by atoms with Gasteiger partial charge in [0.1, 0.15) is 6.04 Å². The molecule has 0 saturated heterocycles. The Kier molecular flexibility index (Phi) is 4.10. The van der Waals surface area contributed by atoms with Crippen LogP contribution in [0.3, 0.4) is 0 Å². The molecule has 1 aliphatic heterocycles. The average Bonchev–Trinajstić information content (AvgIpc) is 2.16. The van der Waals surface area contributed by atoms with Gasteiger partial charge in [0, 0.05) is 13.1 Å². The zero-order valence-corrected chi connectivity index (χ0v) is 8.82. The van der Waals surface area contributed by atoms with Crippen LogP contribution in [0.15, 0.2) is 11.6 Å². The number of likely N-dealkylation sites (N-methyl/N-ethyl adjacent to an activating group) is 1. The summed E-state index contributed by atoms with van der Waals surface area (Å²) in [6.07, 6.45) is 3.82. The number of hydrogen-bond acceptors (Lipinski definition) is 4. The lowest BCUT2D eigenvalue weighted by Crippen LogP contribution is -2.34. The van der Waals surface area contributed by atoms with E-state index in [1.165, 1.54) is 12.7 Å². The third-order valence-corrected chi connectivity index (χ3v) is 2.40. The number of hydrogen-bond donors (Lipinski definition) is 1. The average molecular weight is 198 g/mol. The minimum atomic E-state index is -0.516. The molecule has 80 valence electrons. The molecule has 1 aliphatic rings. The van der Waals surface area contributed by atoms with Crippen molar-refractivity contribution in [2.75, 3.05) is 27.2 Å². The van der Waals surface area contributed by atoms with Gasteiger partial charge < -0.3 is 15.4 Å². The fourth-order valence-corrected chi connectivity index (χ4v) is 1.64. The second-order valence-electron chi connectivity index (χ2n) is 3.72. The SMILES string of the molecule is COC(=O)[C@@H](N)CC1=CCCN(C)C1. The number of nitrogens with zero attached hydrogens (tertiary/aromatic N) is 1. The Morgan fingerprint density at radius 2 is 2.50 bits per heavy atom. The van der Waals surface area contributed by atoms with Gasteiger partial charge in [-0.05, 0) is 19.9 Å². The first-order valence-corrected chi connectivity index (χ1v) is 4.83. The number of methoxy groups -OCH3 is 1. The van der Waals surface area contributed by atoms with Crippen LogP contribution in [0, 0.1) is 0 Å². The number of rotatable bonds is 3. The van der Waals surface area contributed by atoms with E-state index in [2.05, 4.69) is 22.8 Å². The van der Waals surface area contributed by atoms with E-state index >= 15 is 0 Å². The highest BCUT2D eigenvalue weighted by molar-refractivity contribution is 5.75. The highest BCUT2D eigenvalue weighted by atomic mass is 16.5. The summed E-state index contributed by atoms with van der Waals surface area (Å²) in [6, 6.07) is -0.516. The summed E-state index contributed by atoms with van der Waals surface area (Å²) in [4.78, 5) is 13.3. The molecule has 2 N–H and O–H groups in total. The van der Waals surface area contributed by atoms with Crippen molar-refractivity contribution in [1.29, 1.82) is 0 Å². The van der Waals surface area contributed by atoms with Crippen molar-refractivity contribution in [1.82, 2.24) is 4.90 Å². The number of carbonyl (C=O) groups excluding carboxylic acids is 1. The second-order valence-corrected chi connectivity index (χ2v) is 3.72. The van der Waals surface area contributed by atoms with Crippen LogP contribution in [0.4, 0.5) is 0 Å². The monoisotopic (exact) mass is 198 g/mol. The van der Waals surface area contributed by atoms with E-state index < -0.39 is 6.04 Å². The van der Waals surface area contributed by atoms with Crippen molar-refractivity contribution in [2.45, 2.75) is 18.9 Å². The molecule has 0 radical (unpaired) electrons. The maximum Gasteiger partial charge on any atom is 0.322 e. The maximum atomic E-state index is 11.1. The lowest BCUT2D eigenvalue weighted by molar-refractivity contribution is -0.142. The van der Waals surface area contributed by atoms with Crippen molar-refractivity contribution < 1.29 is 9.53 Å². The minimum absolute atomic E-state index is 0.334. The van der Waals surface area contributed by atoms with Crippen molar-refractivity contribution in [3.05, 3.63) is 11.6 Å². The molecular weight excluding hydrogens is 180 g/mol. The predicted molar refractivity (Wildman–Crippen MR) is 54.8 cm³/mol. The molecule has 1 atom stereocenters. The molecule has 4 nitrogen and oxygen atoms in total. The first kappa shape index (κ1) is 11.2. The first-order valence-electron chi connectivity index (χ1n) is 4.83. The molecule has 14 heavy (non-hydrogen) atoms.